The molecule has 0 amide bonds. The molecule has 0 saturated carbocycles. The zero-order valence-electron chi connectivity index (χ0n) is 31.2. The number of fused-ring (bicyclic) bond motifs is 7. The fraction of sp³-hybridized carbons (Fsp3) is 0.850. The van der Waals surface area contributed by atoms with Gasteiger partial charge in [0.1, 0.15) is 42.1 Å². The molecule has 4 N–H and O–H groups in total. The molecular weight excluding hydrogens is 688 g/mol. The van der Waals surface area contributed by atoms with E-state index in [2.05, 4.69) is 20.1 Å². The Morgan fingerprint density at radius 1 is 0.736 bits per heavy atom. The molecule has 18 atom stereocenters. The van der Waals surface area contributed by atoms with Crippen molar-refractivity contribution in [1.82, 2.24) is 0 Å². The van der Waals surface area contributed by atoms with E-state index < -0.39 is 79.9 Å². The highest BCUT2D eigenvalue weighted by molar-refractivity contribution is 5.79. The molecule has 298 valence electrons. The molecule has 0 aromatic heterocycles. The van der Waals surface area contributed by atoms with Gasteiger partial charge < -0.3 is 53.6 Å². The van der Waals surface area contributed by atoms with Gasteiger partial charge in [-0.05, 0) is 62.0 Å². The third-order valence-electron chi connectivity index (χ3n) is 13.1. The zero-order valence-corrected chi connectivity index (χ0v) is 31.2. The molecule has 0 radical (unpaired) electrons. The maximum atomic E-state index is 13.9. The minimum Gasteiger partial charge on any atom is -0.394 e. The first kappa shape index (κ1) is 39.6. The summed E-state index contributed by atoms with van der Waals surface area (Å²) >= 11 is 0. The van der Waals surface area contributed by atoms with Crippen molar-refractivity contribution in [1.29, 1.82) is 0 Å². The van der Waals surface area contributed by atoms with Gasteiger partial charge in [-0.3, -0.25) is 9.59 Å². The number of hydrogen-bond acceptors (Lipinski definition) is 13. The summed E-state index contributed by atoms with van der Waals surface area (Å²) < 4.78 is 44.3. The predicted molar refractivity (Wildman–Crippen MR) is 189 cm³/mol. The second-order valence-electron chi connectivity index (χ2n) is 16.8. The summed E-state index contributed by atoms with van der Waals surface area (Å²) in [7, 11) is 1.58. The van der Waals surface area contributed by atoms with Crippen LogP contribution in [0.25, 0.3) is 0 Å². The van der Waals surface area contributed by atoms with E-state index in [1.807, 2.05) is 0 Å². The molecule has 0 aromatic carbocycles. The highest BCUT2D eigenvalue weighted by atomic mass is 16.6. The van der Waals surface area contributed by atoms with Crippen molar-refractivity contribution in [3.05, 3.63) is 24.3 Å². The van der Waals surface area contributed by atoms with Crippen molar-refractivity contribution in [2.45, 2.75) is 188 Å². The van der Waals surface area contributed by atoms with E-state index in [1.54, 1.807) is 7.11 Å². The Hall–Kier alpha value is -1.62. The SMILES string of the molecule is C=C1CC2CCC(=O)C[C@H]3OC4C(O)[C@H]5OC(CCC5O[C@H]4C3O)CC(=O)CC3[C@H](CC4OC(CCC1O2)C[C@@H](C)C4=C)O[C@H](CC(O)CO)[C@@H]3OC. The highest BCUT2D eigenvalue weighted by Crippen LogP contribution is 2.43. The van der Waals surface area contributed by atoms with Crippen LogP contribution in [0.4, 0.5) is 0 Å². The smallest absolute Gasteiger partial charge is 0.135 e. The normalized spacial score (nSPS) is 47.7. The molecule has 7 fully saturated rings. The van der Waals surface area contributed by atoms with Gasteiger partial charge in [-0.25, -0.2) is 0 Å². The van der Waals surface area contributed by atoms with Crippen LogP contribution in [0.5, 0.6) is 0 Å². The highest BCUT2D eigenvalue weighted by Gasteiger charge is 2.57. The number of methoxy groups -OCH3 is 1. The number of ether oxygens (including phenoxy) is 7. The van der Waals surface area contributed by atoms with Crippen molar-refractivity contribution < 1.29 is 63.2 Å². The summed E-state index contributed by atoms with van der Waals surface area (Å²) in [5, 5.41) is 42.6. The van der Waals surface area contributed by atoms with Crippen molar-refractivity contribution in [2.24, 2.45) is 11.8 Å². The molecule has 8 bridgehead atoms. The van der Waals surface area contributed by atoms with E-state index in [4.69, 9.17) is 33.2 Å². The van der Waals surface area contributed by atoms with Gasteiger partial charge in [0.25, 0.3) is 0 Å². The van der Waals surface area contributed by atoms with Gasteiger partial charge in [0.05, 0.1) is 73.8 Å². The minimum atomic E-state index is -1.10. The van der Waals surface area contributed by atoms with Crippen molar-refractivity contribution in [3.63, 3.8) is 0 Å². The van der Waals surface area contributed by atoms with Crippen LogP contribution in [0.1, 0.15) is 90.4 Å². The third-order valence-corrected chi connectivity index (χ3v) is 13.1. The maximum Gasteiger partial charge on any atom is 0.135 e. The van der Waals surface area contributed by atoms with Crippen LogP contribution >= 0.6 is 0 Å². The summed E-state index contributed by atoms with van der Waals surface area (Å²) in [6, 6.07) is 0. The number of carbonyl (C=O) groups is 2. The molecule has 11 unspecified atom stereocenters. The Morgan fingerprint density at radius 2 is 1.45 bits per heavy atom. The largest absolute Gasteiger partial charge is 0.394 e. The summed E-state index contributed by atoms with van der Waals surface area (Å²) in [6.07, 6.45) is -3.55. The minimum absolute atomic E-state index is 0.00643. The molecule has 0 spiro atoms. The summed E-state index contributed by atoms with van der Waals surface area (Å²) in [6.45, 7) is 10.4. The van der Waals surface area contributed by atoms with Gasteiger partial charge in [-0.1, -0.05) is 20.1 Å². The Bertz CT molecular complexity index is 1340. The Balaban J connectivity index is 1.11. The molecular formula is C40H60O13. The predicted octanol–water partition coefficient (Wildman–Crippen LogP) is 2.27. The first-order valence-corrected chi connectivity index (χ1v) is 19.9. The Labute approximate surface area is 312 Å². The van der Waals surface area contributed by atoms with Crippen molar-refractivity contribution in [3.8, 4) is 0 Å². The number of carbonyl (C=O) groups excluding carboxylic acids is 2. The van der Waals surface area contributed by atoms with Gasteiger partial charge in [0, 0.05) is 51.6 Å². The zero-order chi connectivity index (χ0) is 37.6. The maximum absolute atomic E-state index is 13.9. The number of rotatable bonds is 4. The lowest BCUT2D eigenvalue weighted by Gasteiger charge is -2.46. The van der Waals surface area contributed by atoms with E-state index in [9.17, 15) is 30.0 Å². The number of aliphatic hydroxyl groups excluding tert-OH is 4. The first-order valence-electron chi connectivity index (χ1n) is 19.9. The second kappa shape index (κ2) is 16.9. The van der Waals surface area contributed by atoms with Crippen LogP contribution in [0.3, 0.4) is 0 Å². The molecule has 7 aliphatic heterocycles. The Kier molecular flexibility index (Phi) is 12.6. The molecule has 0 aliphatic carbocycles. The van der Waals surface area contributed by atoms with Crippen LogP contribution in [-0.2, 0) is 42.7 Å². The molecule has 7 saturated heterocycles. The molecule has 13 nitrogen and oxygen atoms in total. The second-order valence-corrected chi connectivity index (χ2v) is 16.8. The standard InChI is InChI=1S/C40H60O13/c1-19-11-26-7-9-29-20(2)12-25(48-29)6-5-22(42)15-33-35(45)39-40(53-33)36(46)38-30(52-39)10-8-27(50-38)13-23(43)14-28-32(17-31(49-26)21(19)3)51-34(37(28)47-4)16-24(44)18-41/h19,24-41,44-46H,2-3,5-18H2,1,4H3/t19-,24?,25?,26?,27?,28?,29?,30?,31?,32+,33-,34-,35?,36?,37-,38+,39+,40?/m1/s1. The number of aliphatic hydroxyl groups is 4. The summed E-state index contributed by atoms with van der Waals surface area (Å²) in [5.41, 5.74) is 2.00. The van der Waals surface area contributed by atoms with E-state index in [-0.39, 0.29) is 79.9 Å². The van der Waals surface area contributed by atoms with Gasteiger partial charge in [0.15, 0.2) is 0 Å². The molecule has 13 heteroatoms. The summed E-state index contributed by atoms with van der Waals surface area (Å²) in [4.78, 5) is 27.0. The molecule has 0 aromatic rings. The van der Waals surface area contributed by atoms with Crippen LogP contribution in [0.15, 0.2) is 24.3 Å². The lowest BCUT2D eigenvalue weighted by Crippen LogP contribution is -2.61. The van der Waals surface area contributed by atoms with Gasteiger partial charge in [-0.2, -0.15) is 0 Å². The lowest BCUT2D eigenvalue weighted by atomic mass is 9.81. The lowest BCUT2D eigenvalue weighted by molar-refractivity contribution is -0.259. The van der Waals surface area contributed by atoms with E-state index >= 15 is 0 Å². The molecule has 7 heterocycles. The monoisotopic (exact) mass is 748 g/mol. The summed E-state index contributed by atoms with van der Waals surface area (Å²) in [5.74, 6) is -0.221. The van der Waals surface area contributed by atoms with Crippen molar-refractivity contribution in [2.75, 3.05) is 13.7 Å². The fourth-order valence-corrected chi connectivity index (χ4v) is 10.1. The molecule has 53 heavy (non-hydrogen) atoms. The third kappa shape index (κ3) is 8.56. The van der Waals surface area contributed by atoms with Gasteiger partial charge in [0.2, 0.25) is 0 Å². The van der Waals surface area contributed by atoms with Gasteiger partial charge in [-0.15, -0.1) is 0 Å². The van der Waals surface area contributed by atoms with Crippen molar-refractivity contribution >= 4 is 11.6 Å². The average molecular weight is 749 g/mol. The fourth-order valence-electron chi connectivity index (χ4n) is 10.1. The number of hydrogen-bond donors (Lipinski definition) is 4. The van der Waals surface area contributed by atoms with E-state index in [1.165, 1.54) is 0 Å². The van der Waals surface area contributed by atoms with E-state index in [0.717, 1.165) is 30.4 Å². The molecule has 7 rings (SSSR count). The number of Topliss-reactive ketones (excluding diaryl/α,β-unsaturated/α-hetero) is 2. The Morgan fingerprint density at radius 3 is 2.23 bits per heavy atom. The topological polar surface area (TPSA) is 180 Å². The first-order chi connectivity index (χ1) is 25.4. The van der Waals surface area contributed by atoms with Gasteiger partial charge >= 0.3 is 0 Å². The van der Waals surface area contributed by atoms with Crippen LogP contribution < -0.4 is 0 Å². The average Bonchev–Trinajstić information content (AvgIpc) is 3.76. The quantitative estimate of drug-likeness (QED) is 0.308. The molecule has 7 aliphatic rings. The number of ketones is 2. The van der Waals surface area contributed by atoms with Crippen LogP contribution in [0.2, 0.25) is 0 Å². The van der Waals surface area contributed by atoms with E-state index in [0.29, 0.717) is 32.1 Å². The van der Waals surface area contributed by atoms with Crippen LogP contribution in [-0.4, -0.2) is 143 Å². The van der Waals surface area contributed by atoms with Crippen LogP contribution in [0, 0.1) is 11.8 Å².